The Bertz CT molecular complexity index is 556. The molecule has 2 N–H and O–H groups in total. The number of benzene rings is 2. The van der Waals surface area contributed by atoms with Crippen LogP contribution in [0.5, 0.6) is 11.5 Å². The number of fused-ring (bicyclic) bond motifs is 1. The van der Waals surface area contributed by atoms with Crippen molar-refractivity contribution in [3.05, 3.63) is 35.4 Å². The predicted molar refractivity (Wildman–Crippen MR) is 74.1 cm³/mol. The molecule has 0 fully saturated rings. The summed E-state index contributed by atoms with van der Waals surface area (Å²) >= 11 is 6.25. The summed E-state index contributed by atoms with van der Waals surface area (Å²) in [4.78, 5) is 0. The van der Waals surface area contributed by atoms with Gasteiger partial charge in [0.25, 0.3) is 0 Å². The van der Waals surface area contributed by atoms with E-state index in [0.29, 0.717) is 16.5 Å². The molecule has 5 heteroatoms. The molecule has 0 saturated carbocycles. The van der Waals surface area contributed by atoms with E-state index in [-0.39, 0.29) is 26.4 Å². The molecule has 19 heavy (non-hydrogen) atoms. The van der Waals surface area contributed by atoms with E-state index in [1.165, 1.54) is 0 Å². The van der Waals surface area contributed by atoms with Gasteiger partial charge in [0, 0.05) is 5.39 Å². The average Bonchev–Trinajstić information content (AvgIpc) is 2.44. The summed E-state index contributed by atoms with van der Waals surface area (Å²) in [6.45, 7) is 0.398. The third-order valence-corrected chi connectivity index (χ3v) is 2.99. The number of aliphatic hydroxyl groups excluding tert-OH is 2. The molecule has 0 radical (unpaired) electrons. The van der Waals surface area contributed by atoms with Crippen LogP contribution in [0.2, 0.25) is 5.02 Å². The Morgan fingerprint density at radius 1 is 0.947 bits per heavy atom. The molecule has 0 spiro atoms. The lowest BCUT2D eigenvalue weighted by molar-refractivity contribution is 0.201. The topological polar surface area (TPSA) is 58.9 Å². The van der Waals surface area contributed by atoms with Gasteiger partial charge in [-0.2, -0.15) is 0 Å². The van der Waals surface area contributed by atoms with Crippen LogP contribution in [0.4, 0.5) is 0 Å². The van der Waals surface area contributed by atoms with Crippen molar-refractivity contribution in [1.29, 1.82) is 0 Å². The fourth-order valence-electron chi connectivity index (χ4n) is 1.77. The minimum atomic E-state index is -0.0533. The number of aliphatic hydroxyl groups is 2. The molecule has 0 amide bonds. The average molecular weight is 283 g/mol. The first-order valence-electron chi connectivity index (χ1n) is 5.96. The molecule has 0 aliphatic rings. The summed E-state index contributed by atoms with van der Waals surface area (Å²) in [5.41, 5.74) is 0. The van der Waals surface area contributed by atoms with Gasteiger partial charge in [-0.1, -0.05) is 17.7 Å². The van der Waals surface area contributed by atoms with Crippen molar-refractivity contribution in [2.24, 2.45) is 0 Å². The second-order valence-corrected chi connectivity index (χ2v) is 4.28. The molecule has 4 nitrogen and oxygen atoms in total. The Morgan fingerprint density at radius 3 is 2.42 bits per heavy atom. The van der Waals surface area contributed by atoms with E-state index in [4.69, 9.17) is 31.3 Å². The highest BCUT2D eigenvalue weighted by Crippen LogP contribution is 2.34. The first-order valence-corrected chi connectivity index (χ1v) is 6.33. The number of halogens is 1. The molecule has 2 aromatic carbocycles. The van der Waals surface area contributed by atoms with Crippen LogP contribution >= 0.6 is 11.6 Å². The minimum Gasteiger partial charge on any atom is -0.491 e. The van der Waals surface area contributed by atoms with Gasteiger partial charge in [0.15, 0.2) is 0 Å². The molecule has 0 bridgehead atoms. The fraction of sp³-hybridized carbons (Fsp3) is 0.286. The van der Waals surface area contributed by atoms with Gasteiger partial charge in [-0.25, -0.2) is 0 Å². The van der Waals surface area contributed by atoms with E-state index in [0.717, 1.165) is 10.8 Å². The molecule has 0 unspecified atom stereocenters. The Kier molecular flexibility index (Phi) is 4.85. The monoisotopic (exact) mass is 282 g/mol. The zero-order valence-corrected chi connectivity index (χ0v) is 11.1. The molecule has 102 valence electrons. The predicted octanol–water partition coefficient (Wildman–Crippen LogP) is 2.24. The van der Waals surface area contributed by atoms with Crippen molar-refractivity contribution in [3.63, 3.8) is 0 Å². The molecule has 0 aromatic heterocycles. The lowest BCUT2D eigenvalue weighted by Crippen LogP contribution is -2.02. The molecular formula is C14H15ClO4. The van der Waals surface area contributed by atoms with Gasteiger partial charge in [0.2, 0.25) is 0 Å². The molecule has 2 rings (SSSR count). The summed E-state index contributed by atoms with van der Waals surface area (Å²) in [6, 6.07) is 9.12. The maximum Gasteiger partial charge on any atom is 0.138 e. The maximum absolute atomic E-state index is 8.75. The number of hydrogen-bond donors (Lipinski definition) is 2. The zero-order valence-electron chi connectivity index (χ0n) is 10.3. The molecule has 0 aliphatic carbocycles. The van der Waals surface area contributed by atoms with Crippen molar-refractivity contribution in [1.82, 2.24) is 0 Å². The minimum absolute atomic E-state index is 0.0211. The molecule has 0 heterocycles. The maximum atomic E-state index is 8.75. The van der Waals surface area contributed by atoms with E-state index < -0.39 is 0 Å². The van der Waals surface area contributed by atoms with Crippen molar-refractivity contribution in [2.45, 2.75) is 0 Å². The van der Waals surface area contributed by atoms with Crippen LogP contribution in [0.3, 0.4) is 0 Å². The Labute approximate surface area is 116 Å². The number of rotatable bonds is 6. The molecule has 2 aromatic rings. The second kappa shape index (κ2) is 6.61. The molecule has 0 atom stereocenters. The van der Waals surface area contributed by atoms with E-state index in [2.05, 4.69) is 0 Å². The standard InChI is InChI=1S/C14H15ClO4/c15-14-12-3-2-11(18-7-5-16)9-10(12)1-4-13(14)19-8-6-17/h1-4,9,16-17H,5-8H2. The summed E-state index contributed by atoms with van der Waals surface area (Å²) < 4.78 is 10.7. The highest BCUT2D eigenvalue weighted by Gasteiger charge is 2.07. The Morgan fingerprint density at radius 2 is 1.68 bits per heavy atom. The quantitative estimate of drug-likeness (QED) is 0.853. The Balaban J connectivity index is 2.30. The van der Waals surface area contributed by atoms with Crippen LogP contribution < -0.4 is 9.47 Å². The van der Waals surface area contributed by atoms with Crippen LogP contribution in [0, 0.1) is 0 Å². The van der Waals surface area contributed by atoms with Gasteiger partial charge >= 0.3 is 0 Å². The van der Waals surface area contributed by atoms with Crippen molar-refractivity contribution < 1.29 is 19.7 Å². The lowest BCUT2D eigenvalue weighted by Gasteiger charge is -2.10. The van der Waals surface area contributed by atoms with E-state index in [9.17, 15) is 0 Å². The molecule has 0 aliphatic heterocycles. The largest absolute Gasteiger partial charge is 0.491 e. The third-order valence-electron chi connectivity index (χ3n) is 2.60. The van der Waals surface area contributed by atoms with Crippen LogP contribution in [0.25, 0.3) is 10.8 Å². The van der Waals surface area contributed by atoms with E-state index in [1.807, 2.05) is 18.2 Å². The summed E-state index contributed by atoms with van der Waals surface area (Å²) in [5, 5.41) is 19.8. The SMILES string of the molecule is OCCOc1ccc2c(Cl)c(OCCO)ccc2c1. The van der Waals surface area contributed by atoms with Crippen LogP contribution in [0.1, 0.15) is 0 Å². The zero-order chi connectivity index (χ0) is 13.7. The second-order valence-electron chi connectivity index (χ2n) is 3.90. The van der Waals surface area contributed by atoms with Gasteiger partial charge in [-0.15, -0.1) is 0 Å². The third kappa shape index (κ3) is 3.29. The van der Waals surface area contributed by atoms with Crippen molar-refractivity contribution in [2.75, 3.05) is 26.4 Å². The van der Waals surface area contributed by atoms with Crippen molar-refractivity contribution in [3.8, 4) is 11.5 Å². The molecular weight excluding hydrogens is 268 g/mol. The summed E-state index contributed by atoms with van der Waals surface area (Å²) in [7, 11) is 0. The fourth-order valence-corrected chi connectivity index (χ4v) is 2.06. The van der Waals surface area contributed by atoms with E-state index >= 15 is 0 Å². The highest BCUT2D eigenvalue weighted by molar-refractivity contribution is 6.37. The highest BCUT2D eigenvalue weighted by atomic mass is 35.5. The van der Waals surface area contributed by atoms with E-state index in [1.54, 1.807) is 12.1 Å². The smallest absolute Gasteiger partial charge is 0.138 e. The first-order chi connectivity index (χ1) is 9.26. The lowest BCUT2D eigenvalue weighted by atomic mass is 10.1. The van der Waals surface area contributed by atoms with Crippen LogP contribution in [-0.2, 0) is 0 Å². The normalized spacial score (nSPS) is 10.7. The van der Waals surface area contributed by atoms with Crippen LogP contribution in [-0.4, -0.2) is 36.6 Å². The first kappa shape index (κ1) is 13.9. The van der Waals surface area contributed by atoms with Crippen molar-refractivity contribution >= 4 is 22.4 Å². The van der Waals surface area contributed by atoms with Gasteiger partial charge in [-0.05, 0) is 29.7 Å². The number of ether oxygens (including phenoxy) is 2. The van der Waals surface area contributed by atoms with Crippen LogP contribution in [0.15, 0.2) is 30.3 Å². The van der Waals surface area contributed by atoms with Gasteiger partial charge in [0.05, 0.1) is 18.2 Å². The van der Waals surface area contributed by atoms with Gasteiger partial charge < -0.3 is 19.7 Å². The molecule has 0 saturated heterocycles. The summed E-state index contributed by atoms with van der Waals surface area (Å²) in [6.07, 6.45) is 0. The number of hydrogen-bond acceptors (Lipinski definition) is 4. The summed E-state index contributed by atoms with van der Waals surface area (Å²) in [5.74, 6) is 1.23. The Hall–Kier alpha value is -1.49. The van der Waals surface area contributed by atoms with Gasteiger partial charge in [0.1, 0.15) is 24.7 Å². The van der Waals surface area contributed by atoms with Gasteiger partial charge in [-0.3, -0.25) is 0 Å².